The number of primary amides is 1. The molecule has 2 aliphatic heterocycles. The zero-order valence-electron chi connectivity index (χ0n) is 19.0. The highest BCUT2D eigenvalue weighted by Gasteiger charge is 2.36. The molecule has 3 aromatic rings. The number of ether oxygens (including phenoxy) is 1. The number of hydrogen-bond acceptors (Lipinski definition) is 5. The minimum atomic E-state index is -0.889. The molecule has 0 aliphatic carbocycles. The average Bonchev–Trinajstić information content (AvgIpc) is 3.25. The zero-order valence-corrected chi connectivity index (χ0v) is 19.0. The van der Waals surface area contributed by atoms with Crippen molar-refractivity contribution in [3.8, 4) is 17.2 Å². The number of hydrogen-bond donors (Lipinski definition) is 3. The van der Waals surface area contributed by atoms with E-state index in [1.807, 2.05) is 0 Å². The van der Waals surface area contributed by atoms with Crippen LogP contribution in [0.15, 0.2) is 48.5 Å². The second-order valence-electron chi connectivity index (χ2n) is 8.87. The Kier molecular flexibility index (Phi) is 6.02. The van der Waals surface area contributed by atoms with Crippen LogP contribution in [0.1, 0.15) is 41.4 Å². The molecule has 1 fully saturated rings. The Bertz CT molecular complexity index is 1250. The van der Waals surface area contributed by atoms with Gasteiger partial charge in [-0.05, 0) is 61.6 Å². The monoisotopic (exact) mass is 479 g/mol. The normalized spacial score (nSPS) is 18.0. The molecule has 2 aliphatic rings. The molecular formula is C25H26FN5O4. The molecule has 10 heteroatoms. The first-order valence-corrected chi connectivity index (χ1v) is 11.6. The van der Waals surface area contributed by atoms with Crippen LogP contribution < -0.4 is 15.8 Å². The number of benzene rings is 2. The van der Waals surface area contributed by atoms with E-state index in [-0.39, 0.29) is 23.3 Å². The van der Waals surface area contributed by atoms with E-state index in [2.05, 4.69) is 5.32 Å². The first-order valence-electron chi connectivity index (χ1n) is 11.6. The van der Waals surface area contributed by atoms with E-state index < -0.39 is 12.0 Å². The second kappa shape index (κ2) is 9.28. The molecule has 0 bridgehead atoms. The predicted octanol–water partition coefficient (Wildman–Crippen LogP) is 4.19. The van der Waals surface area contributed by atoms with Crippen molar-refractivity contribution < 1.29 is 23.8 Å². The maximum atomic E-state index is 13.4. The van der Waals surface area contributed by atoms with Crippen LogP contribution in [0, 0.1) is 11.7 Å². The van der Waals surface area contributed by atoms with Crippen LogP contribution in [0.25, 0.3) is 5.69 Å². The third kappa shape index (κ3) is 4.51. The Labute approximate surface area is 201 Å². The molecule has 2 amide bonds. The third-order valence-corrected chi connectivity index (χ3v) is 6.75. The van der Waals surface area contributed by atoms with Crippen LogP contribution in [-0.2, 0) is 0 Å². The Balaban J connectivity index is 1.42. The highest BCUT2D eigenvalue weighted by atomic mass is 19.1. The third-order valence-electron chi connectivity index (χ3n) is 6.75. The van der Waals surface area contributed by atoms with E-state index in [1.165, 1.54) is 17.0 Å². The number of anilines is 1. The number of halogens is 1. The summed E-state index contributed by atoms with van der Waals surface area (Å²) in [4.78, 5) is 25.2. The van der Waals surface area contributed by atoms with Crippen molar-refractivity contribution in [3.63, 3.8) is 0 Å². The lowest BCUT2D eigenvalue weighted by atomic mass is 9.78. The average molecular weight is 480 g/mol. The summed E-state index contributed by atoms with van der Waals surface area (Å²) in [5, 5.41) is 17.4. The number of fused-ring (bicyclic) bond motifs is 1. The molecule has 5 rings (SSSR count). The van der Waals surface area contributed by atoms with Gasteiger partial charge >= 0.3 is 6.09 Å². The highest BCUT2D eigenvalue weighted by molar-refractivity contribution is 5.98. The van der Waals surface area contributed by atoms with Gasteiger partial charge in [0.25, 0.3) is 5.91 Å². The first-order chi connectivity index (χ1) is 16.9. The lowest BCUT2D eigenvalue weighted by molar-refractivity contribution is 0.0993. The summed E-state index contributed by atoms with van der Waals surface area (Å²) in [5.74, 6) is 0.301. The molecule has 1 saturated heterocycles. The summed E-state index contributed by atoms with van der Waals surface area (Å²) in [5.41, 5.74) is 8.13. The molecule has 3 heterocycles. The lowest BCUT2D eigenvalue weighted by Gasteiger charge is -2.36. The Morgan fingerprint density at radius 1 is 1.09 bits per heavy atom. The number of amides is 2. The van der Waals surface area contributed by atoms with Gasteiger partial charge in [0.05, 0.1) is 17.1 Å². The number of nitrogens with two attached hydrogens (primary N) is 1. The molecular weight excluding hydrogens is 453 g/mol. The van der Waals surface area contributed by atoms with Gasteiger partial charge in [0.1, 0.15) is 17.3 Å². The number of aromatic nitrogens is 2. The topological polar surface area (TPSA) is 123 Å². The van der Waals surface area contributed by atoms with Crippen molar-refractivity contribution in [3.05, 3.63) is 65.7 Å². The maximum absolute atomic E-state index is 13.4. The molecule has 2 aromatic carbocycles. The van der Waals surface area contributed by atoms with Gasteiger partial charge in [0.15, 0.2) is 5.69 Å². The van der Waals surface area contributed by atoms with Crippen LogP contribution in [0.5, 0.6) is 11.5 Å². The number of rotatable bonds is 5. The lowest BCUT2D eigenvalue weighted by Crippen LogP contribution is -2.39. The van der Waals surface area contributed by atoms with Crippen LogP contribution in [0.3, 0.4) is 0 Å². The molecule has 4 N–H and O–H groups in total. The van der Waals surface area contributed by atoms with Crippen molar-refractivity contribution in [2.75, 3.05) is 25.0 Å². The fraction of sp³-hybridized carbons (Fsp3) is 0.320. The van der Waals surface area contributed by atoms with E-state index in [1.54, 1.807) is 41.1 Å². The fourth-order valence-electron chi connectivity index (χ4n) is 5.05. The van der Waals surface area contributed by atoms with E-state index in [9.17, 15) is 19.1 Å². The Morgan fingerprint density at radius 3 is 2.49 bits per heavy atom. The second-order valence-corrected chi connectivity index (χ2v) is 8.87. The molecule has 0 spiro atoms. The molecule has 35 heavy (non-hydrogen) atoms. The molecule has 9 nitrogen and oxygen atoms in total. The summed E-state index contributed by atoms with van der Waals surface area (Å²) >= 11 is 0. The summed E-state index contributed by atoms with van der Waals surface area (Å²) in [6.07, 6.45) is 1.46. The molecule has 0 saturated carbocycles. The number of nitrogens with one attached hydrogen (secondary N) is 1. The van der Waals surface area contributed by atoms with Crippen molar-refractivity contribution in [1.82, 2.24) is 14.7 Å². The SMILES string of the molecule is NC(=O)c1c2c(nn1-c1ccc(Oc3cccc(F)c3)cc1)C(C1CCN(C(=O)O)CC1)CCN2. The van der Waals surface area contributed by atoms with Crippen LogP contribution in [0.4, 0.5) is 14.9 Å². The number of carboxylic acid groups (broad SMARTS) is 1. The summed E-state index contributed by atoms with van der Waals surface area (Å²) < 4.78 is 20.7. The van der Waals surface area contributed by atoms with E-state index in [0.717, 1.165) is 25.0 Å². The molecule has 0 radical (unpaired) electrons. The van der Waals surface area contributed by atoms with E-state index in [4.69, 9.17) is 15.6 Å². The fourth-order valence-corrected chi connectivity index (χ4v) is 5.05. The summed E-state index contributed by atoms with van der Waals surface area (Å²) in [6.45, 7) is 1.67. The minimum absolute atomic E-state index is 0.108. The molecule has 182 valence electrons. The number of nitrogens with zero attached hydrogens (tertiary/aromatic N) is 3. The largest absolute Gasteiger partial charge is 0.465 e. The van der Waals surface area contributed by atoms with E-state index >= 15 is 0 Å². The van der Waals surface area contributed by atoms with Gasteiger partial charge in [-0.3, -0.25) is 4.79 Å². The van der Waals surface area contributed by atoms with Gasteiger partial charge in [-0.15, -0.1) is 0 Å². The van der Waals surface area contributed by atoms with Crippen molar-refractivity contribution in [2.24, 2.45) is 11.7 Å². The molecule has 1 atom stereocenters. The van der Waals surface area contributed by atoms with Gasteiger partial charge in [-0.25, -0.2) is 13.9 Å². The number of likely N-dealkylation sites (tertiary alicyclic amines) is 1. The predicted molar refractivity (Wildman–Crippen MR) is 127 cm³/mol. The van der Waals surface area contributed by atoms with E-state index in [0.29, 0.717) is 42.5 Å². The molecule has 1 aromatic heterocycles. The quantitative estimate of drug-likeness (QED) is 0.504. The Morgan fingerprint density at radius 2 is 1.83 bits per heavy atom. The standard InChI is InChI=1S/C25H26FN5O4/c26-16-2-1-3-19(14-16)35-18-6-4-17(5-7-18)31-23(24(27)32)22-21(29-31)20(8-11-28-22)15-9-12-30(13-10-15)25(33)34/h1-7,14-15,20,28H,8-13H2,(H2,27,32)(H,33,34). The van der Waals surface area contributed by atoms with Gasteiger partial charge in [-0.2, -0.15) is 5.10 Å². The van der Waals surface area contributed by atoms with Crippen molar-refractivity contribution in [1.29, 1.82) is 0 Å². The number of piperidine rings is 1. The summed E-state index contributed by atoms with van der Waals surface area (Å²) in [6, 6.07) is 12.8. The zero-order chi connectivity index (χ0) is 24.5. The summed E-state index contributed by atoms with van der Waals surface area (Å²) in [7, 11) is 0. The van der Waals surface area contributed by atoms with Gasteiger partial charge in [-0.1, -0.05) is 6.07 Å². The van der Waals surface area contributed by atoms with Crippen molar-refractivity contribution >= 4 is 17.7 Å². The van der Waals surface area contributed by atoms with Crippen LogP contribution in [-0.4, -0.2) is 51.4 Å². The first kappa shape index (κ1) is 22.7. The van der Waals surface area contributed by atoms with Crippen LogP contribution in [0.2, 0.25) is 0 Å². The smallest absolute Gasteiger partial charge is 0.407 e. The van der Waals surface area contributed by atoms with Crippen LogP contribution >= 0.6 is 0 Å². The minimum Gasteiger partial charge on any atom is -0.465 e. The number of carbonyl (C=O) groups excluding carboxylic acids is 1. The highest BCUT2D eigenvalue weighted by Crippen LogP contribution is 2.42. The Hall–Kier alpha value is -4.08. The maximum Gasteiger partial charge on any atom is 0.407 e. The molecule has 1 unspecified atom stereocenters. The van der Waals surface area contributed by atoms with Gasteiger partial charge < -0.3 is 25.8 Å². The number of carbonyl (C=O) groups is 2. The van der Waals surface area contributed by atoms with Crippen molar-refractivity contribution in [2.45, 2.75) is 25.2 Å². The van der Waals surface area contributed by atoms with Gasteiger partial charge in [0.2, 0.25) is 0 Å². The van der Waals surface area contributed by atoms with Gasteiger partial charge in [0, 0.05) is 31.6 Å².